The minimum absolute atomic E-state index is 0.0614. The van der Waals surface area contributed by atoms with Crippen molar-refractivity contribution in [2.45, 2.75) is 33.1 Å². The topological polar surface area (TPSA) is 66.5 Å². The summed E-state index contributed by atoms with van der Waals surface area (Å²) in [6, 6.07) is 20.5. The van der Waals surface area contributed by atoms with Crippen molar-refractivity contribution in [1.82, 2.24) is 10.2 Å². The van der Waals surface area contributed by atoms with E-state index in [9.17, 15) is 14.4 Å². The normalized spacial score (nSPS) is 15.4. The van der Waals surface area contributed by atoms with Gasteiger partial charge in [0.1, 0.15) is 6.54 Å². The van der Waals surface area contributed by atoms with Gasteiger partial charge in [0.15, 0.2) is 5.78 Å². The van der Waals surface area contributed by atoms with Crippen LogP contribution in [0.3, 0.4) is 0 Å². The third-order valence-electron chi connectivity index (χ3n) is 5.37. The van der Waals surface area contributed by atoms with Gasteiger partial charge in [-0.2, -0.15) is 0 Å². The molecule has 2 aromatic carbocycles. The van der Waals surface area contributed by atoms with Crippen molar-refractivity contribution in [3.05, 3.63) is 82.9 Å². The zero-order chi connectivity index (χ0) is 23.1. The molecule has 1 aliphatic rings. The molecule has 1 fully saturated rings. The maximum atomic E-state index is 12.6. The van der Waals surface area contributed by atoms with E-state index in [0.717, 1.165) is 6.42 Å². The van der Waals surface area contributed by atoms with Crippen LogP contribution < -0.4 is 5.32 Å². The first-order valence-corrected chi connectivity index (χ1v) is 11.8. The number of carbonyl (C=O) groups excluding carboxylic acids is 3. The minimum atomic E-state index is -0.531. The molecule has 0 saturated carbocycles. The lowest BCUT2D eigenvalue weighted by Crippen LogP contribution is -2.38. The Hall–Kier alpha value is -2.86. The van der Waals surface area contributed by atoms with Crippen molar-refractivity contribution >= 4 is 29.4 Å². The average Bonchev–Trinajstić information content (AvgIpc) is 3.11. The van der Waals surface area contributed by atoms with E-state index >= 15 is 0 Å². The summed E-state index contributed by atoms with van der Waals surface area (Å²) in [5.74, 6) is -0.0183. The highest BCUT2D eigenvalue weighted by Crippen LogP contribution is 2.30. The predicted molar refractivity (Wildman–Crippen MR) is 129 cm³/mol. The van der Waals surface area contributed by atoms with Gasteiger partial charge in [0.2, 0.25) is 11.8 Å². The number of rotatable bonds is 8. The molecule has 1 heterocycles. The molecular weight excluding hydrogens is 420 g/mol. The Bertz CT molecular complexity index is 942. The van der Waals surface area contributed by atoms with E-state index in [1.165, 1.54) is 33.9 Å². The minimum Gasteiger partial charge on any atom is -0.355 e. The molecular formula is C26H30N2O3S. The molecule has 32 heavy (non-hydrogen) atoms. The van der Waals surface area contributed by atoms with Gasteiger partial charge in [-0.3, -0.25) is 19.3 Å². The predicted octanol–water partition coefficient (Wildman–Crippen LogP) is 4.36. The molecule has 0 aliphatic carbocycles. The summed E-state index contributed by atoms with van der Waals surface area (Å²) < 4.78 is 0. The van der Waals surface area contributed by atoms with Crippen molar-refractivity contribution in [1.29, 1.82) is 0 Å². The van der Waals surface area contributed by atoms with Gasteiger partial charge >= 0.3 is 0 Å². The highest BCUT2D eigenvalue weighted by molar-refractivity contribution is 8.04. The number of hydrogen-bond acceptors (Lipinski definition) is 4. The fraction of sp³-hybridized carbons (Fsp3) is 0.346. The summed E-state index contributed by atoms with van der Waals surface area (Å²) >= 11 is 1.30. The first kappa shape index (κ1) is 23.8. The lowest BCUT2D eigenvalue weighted by molar-refractivity contribution is -0.131. The Balaban J connectivity index is 1.61. The second kappa shape index (κ2) is 10.6. The summed E-state index contributed by atoms with van der Waals surface area (Å²) in [7, 11) is 0. The van der Waals surface area contributed by atoms with Crippen LogP contribution in [-0.2, 0) is 14.4 Å². The smallest absolute Gasteiger partial charge is 0.240 e. The van der Waals surface area contributed by atoms with Crippen LogP contribution >= 0.6 is 11.8 Å². The lowest BCUT2D eigenvalue weighted by Gasteiger charge is -2.20. The van der Waals surface area contributed by atoms with Crippen LogP contribution in [0, 0.1) is 5.41 Å². The second-order valence-electron chi connectivity index (χ2n) is 8.88. The van der Waals surface area contributed by atoms with E-state index in [1.807, 2.05) is 57.2 Å². The molecule has 1 N–H and O–H groups in total. The van der Waals surface area contributed by atoms with Crippen molar-refractivity contribution in [3.63, 3.8) is 0 Å². The zero-order valence-electron chi connectivity index (χ0n) is 18.8. The molecule has 2 aromatic rings. The highest BCUT2D eigenvalue weighted by atomic mass is 32.2. The van der Waals surface area contributed by atoms with Gasteiger partial charge in [0.25, 0.3) is 0 Å². The largest absolute Gasteiger partial charge is 0.355 e. The fourth-order valence-corrected chi connectivity index (χ4v) is 4.42. The van der Waals surface area contributed by atoms with Crippen molar-refractivity contribution in [2.24, 2.45) is 5.41 Å². The van der Waals surface area contributed by atoms with Crippen LogP contribution in [0.25, 0.3) is 0 Å². The van der Waals surface area contributed by atoms with Gasteiger partial charge in [-0.05, 0) is 17.5 Å². The Morgan fingerprint density at radius 3 is 2.12 bits per heavy atom. The van der Waals surface area contributed by atoms with Gasteiger partial charge in [-0.1, -0.05) is 93.2 Å². The Kier molecular flexibility index (Phi) is 7.91. The maximum Gasteiger partial charge on any atom is 0.240 e. The van der Waals surface area contributed by atoms with Gasteiger partial charge in [0, 0.05) is 24.0 Å². The quantitative estimate of drug-likeness (QED) is 0.607. The first-order valence-electron chi connectivity index (χ1n) is 10.8. The van der Waals surface area contributed by atoms with E-state index in [1.54, 1.807) is 0 Å². The number of nitrogens with one attached hydrogen (secondary N) is 1. The Labute approximate surface area is 194 Å². The SMILES string of the molecule is CC(C)(C)C(=O)/C=C1\SCC(=O)N1CC(=O)NCCC(c1ccccc1)c1ccccc1. The summed E-state index contributed by atoms with van der Waals surface area (Å²) in [4.78, 5) is 38.6. The fourth-order valence-electron chi connectivity index (χ4n) is 3.48. The van der Waals surface area contributed by atoms with Crippen molar-refractivity contribution in [3.8, 4) is 0 Å². The summed E-state index contributed by atoms with van der Waals surface area (Å²) in [5.41, 5.74) is 1.87. The molecule has 168 valence electrons. The molecule has 0 aromatic heterocycles. The van der Waals surface area contributed by atoms with E-state index in [-0.39, 0.29) is 35.8 Å². The number of thioether (sulfide) groups is 1. The number of nitrogens with zero attached hydrogens (tertiary/aromatic N) is 1. The molecule has 1 aliphatic heterocycles. The maximum absolute atomic E-state index is 12.6. The van der Waals surface area contributed by atoms with Gasteiger partial charge < -0.3 is 5.32 Å². The number of benzene rings is 2. The highest BCUT2D eigenvalue weighted by Gasteiger charge is 2.30. The van der Waals surface area contributed by atoms with Crippen LogP contribution in [0.15, 0.2) is 71.8 Å². The molecule has 0 spiro atoms. The number of allylic oxidation sites excluding steroid dienone is 1. The third kappa shape index (κ3) is 6.33. The number of amides is 2. The van der Waals surface area contributed by atoms with E-state index < -0.39 is 5.41 Å². The van der Waals surface area contributed by atoms with Crippen molar-refractivity contribution < 1.29 is 14.4 Å². The Morgan fingerprint density at radius 1 is 1.03 bits per heavy atom. The Morgan fingerprint density at radius 2 is 1.59 bits per heavy atom. The number of carbonyl (C=O) groups is 3. The molecule has 0 bridgehead atoms. The molecule has 1 saturated heterocycles. The monoisotopic (exact) mass is 450 g/mol. The first-order chi connectivity index (χ1) is 15.3. The second-order valence-corrected chi connectivity index (χ2v) is 9.87. The van der Waals surface area contributed by atoms with Crippen LogP contribution in [0.1, 0.15) is 44.2 Å². The molecule has 0 atom stereocenters. The van der Waals surface area contributed by atoms with Gasteiger partial charge in [-0.25, -0.2) is 0 Å². The summed E-state index contributed by atoms with van der Waals surface area (Å²) in [5, 5.41) is 3.50. The van der Waals surface area contributed by atoms with Crippen LogP contribution in [0.2, 0.25) is 0 Å². The van der Waals surface area contributed by atoms with Crippen LogP contribution in [0.5, 0.6) is 0 Å². The summed E-state index contributed by atoms with van der Waals surface area (Å²) in [6.45, 7) is 5.92. The van der Waals surface area contributed by atoms with E-state index in [0.29, 0.717) is 11.6 Å². The van der Waals surface area contributed by atoms with E-state index in [4.69, 9.17) is 0 Å². The zero-order valence-corrected chi connectivity index (χ0v) is 19.7. The molecule has 5 nitrogen and oxygen atoms in total. The molecule has 2 amide bonds. The van der Waals surface area contributed by atoms with E-state index in [2.05, 4.69) is 29.6 Å². The number of hydrogen-bond donors (Lipinski definition) is 1. The molecule has 0 unspecified atom stereocenters. The standard InChI is InChI=1S/C26H30N2O3S/c1-26(2,3)22(29)16-25-28(24(31)18-32-25)17-23(30)27-15-14-21(19-10-6-4-7-11-19)20-12-8-5-9-13-20/h4-13,16,21H,14-15,17-18H2,1-3H3,(H,27,30)/b25-16-. The lowest BCUT2D eigenvalue weighted by atomic mass is 9.88. The van der Waals surface area contributed by atoms with Crippen LogP contribution in [0.4, 0.5) is 0 Å². The molecule has 3 rings (SSSR count). The van der Waals surface area contributed by atoms with Crippen molar-refractivity contribution in [2.75, 3.05) is 18.8 Å². The number of ketones is 1. The van der Waals surface area contributed by atoms with Crippen LogP contribution in [-0.4, -0.2) is 41.3 Å². The average molecular weight is 451 g/mol. The molecule has 6 heteroatoms. The van der Waals surface area contributed by atoms with Gasteiger partial charge in [0.05, 0.1) is 10.8 Å². The summed E-state index contributed by atoms with van der Waals surface area (Å²) in [6.07, 6.45) is 2.23. The molecule has 0 radical (unpaired) electrons. The third-order valence-corrected chi connectivity index (χ3v) is 6.39. The van der Waals surface area contributed by atoms with Gasteiger partial charge in [-0.15, -0.1) is 0 Å².